The molecule has 1 aromatic carbocycles. The number of para-hydroxylation sites is 1. The molecule has 0 bridgehead atoms. The number of anilines is 1. The highest BCUT2D eigenvalue weighted by Gasteiger charge is 2.22. The molecular weight excluding hydrogens is 248 g/mol. The SMILES string of the molecule is CCC(O)c1ccccc1N1CCC(CN(C)C)CC1. The van der Waals surface area contributed by atoms with Crippen molar-refractivity contribution < 1.29 is 5.11 Å². The van der Waals surface area contributed by atoms with Crippen molar-refractivity contribution in [2.45, 2.75) is 32.3 Å². The van der Waals surface area contributed by atoms with Gasteiger partial charge in [0.25, 0.3) is 0 Å². The fourth-order valence-electron chi connectivity index (χ4n) is 3.15. The average molecular weight is 276 g/mol. The van der Waals surface area contributed by atoms with Crippen LogP contribution in [0.2, 0.25) is 0 Å². The van der Waals surface area contributed by atoms with Crippen LogP contribution in [0, 0.1) is 5.92 Å². The van der Waals surface area contributed by atoms with Crippen molar-refractivity contribution in [2.24, 2.45) is 5.92 Å². The molecule has 1 aromatic rings. The van der Waals surface area contributed by atoms with Crippen molar-refractivity contribution in [1.29, 1.82) is 0 Å². The van der Waals surface area contributed by atoms with E-state index in [4.69, 9.17) is 0 Å². The summed E-state index contributed by atoms with van der Waals surface area (Å²) < 4.78 is 0. The molecule has 0 aliphatic carbocycles. The van der Waals surface area contributed by atoms with Crippen LogP contribution in [0.4, 0.5) is 5.69 Å². The maximum Gasteiger partial charge on any atom is 0.0807 e. The minimum atomic E-state index is -0.342. The Bertz CT molecular complexity index is 411. The highest BCUT2D eigenvalue weighted by molar-refractivity contribution is 5.54. The molecular formula is C17H28N2O. The molecule has 2 rings (SSSR count). The molecule has 1 aliphatic rings. The second-order valence-corrected chi connectivity index (χ2v) is 6.18. The van der Waals surface area contributed by atoms with Crippen molar-refractivity contribution >= 4 is 5.69 Å². The normalized spacial score (nSPS) is 18.6. The topological polar surface area (TPSA) is 26.7 Å². The zero-order valence-electron chi connectivity index (χ0n) is 13.0. The fourth-order valence-corrected chi connectivity index (χ4v) is 3.15. The van der Waals surface area contributed by atoms with Gasteiger partial charge in [0.2, 0.25) is 0 Å². The zero-order valence-corrected chi connectivity index (χ0v) is 13.0. The largest absolute Gasteiger partial charge is 0.388 e. The van der Waals surface area contributed by atoms with Gasteiger partial charge in [-0.2, -0.15) is 0 Å². The van der Waals surface area contributed by atoms with Crippen LogP contribution >= 0.6 is 0 Å². The van der Waals surface area contributed by atoms with E-state index in [-0.39, 0.29) is 6.10 Å². The molecule has 1 heterocycles. The van der Waals surface area contributed by atoms with Crippen LogP contribution in [-0.4, -0.2) is 43.7 Å². The molecule has 0 radical (unpaired) electrons. The fraction of sp³-hybridized carbons (Fsp3) is 0.647. The van der Waals surface area contributed by atoms with Crippen molar-refractivity contribution in [3.05, 3.63) is 29.8 Å². The van der Waals surface area contributed by atoms with Gasteiger partial charge in [-0.3, -0.25) is 0 Å². The highest BCUT2D eigenvalue weighted by Crippen LogP contribution is 2.31. The van der Waals surface area contributed by atoms with E-state index in [1.165, 1.54) is 25.1 Å². The molecule has 0 amide bonds. The van der Waals surface area contributed by atoms with E-state index in [1.807, 2.05) is 13.0 Å². The predicted octanol–water partition coefficient (Wildman–Crippen LogP) is 2.91. The van der Waals surface area contributed by atoms with Crippen LogP contribution < -0.4 is 4.90 Å². The molecule has 0 saturated carbocycles. The van der Waals surface area contributed by atoms with E-state index in [2.05, 4.69) is 42.1 Å². The third-order valence-electron chi connectivity index (χ3n) is 4.26. The number of rotatable bonds is 5. The van der Waals surface area contributed by atoms with E-state index in [0.29, 0.717) is 0 Å². The molecule has 3 heteroatoms. The van der Waals surface area contributed by atoms with Gasteiger partial charge in [0, 0.05) is 30.9 Å². The number of aliphatic hydroxyl groups excluding tert-OH is 1. The lowest BCUT2D eigenvalue weighted by molar-refractivity contribution is 0.174. The summed E-state index contributed by atoms with van der Waals surface area (Å²) in [6.45, 7) is 5.43. The maximum absolute atomic E-state index is 10.2. The van der Waals surface area contributed by atoms with Crippen molar-refractivity contribution in [3.8, 4) is 0 Å². The van der Waals surface area contributed by atoms with Gasteiger partial charge in [0.05, 0.1) is 6.10 Å². The molecule has 1 unspecified atom stereocenters. The summed E-state index contributed by atoms with van der Waals surface area (Å²) in [4.78, 5) is 4.73. The first-order chi connectivity index (χ1) is 9.61. The summed E-state index contributed by atoms with van der Waals surface area (Å²) in [6, 6.07) is 8.32. The third kappa shape index (κ3) is 3.74. The molecule has 20 heavy (non-hydrogen) atoms. The van der Waals surface area contributed by atoms with Crippen LogP contribution in [-0.2, 0) is 0 Å². The molecule has 0 aromatic heterocycles. The first kappa shape index (κ1) is 15.3. The second-order valence-electron chi connectivity index (χ2n) is 6.18. The highest BCUT2D eigenvalue weighted by atomic mass is 16.3. The van der Waals surface area contributed by atoms with Gasteiger partial charge in [0.15, 0.2) is 0 Å². The number of hydrogen-bond acceptors (Lipinski definition) is 3. The van der Waals surface area contributed by atoms with Gasteiger partial charge < -0.3 is 14.9 Å². The molecule has 1 fully saturated rings. The number of piperidine rings is 1. The van der Waals surface area contributed by atoms with E-state index in [1.54, 1.807) is 0 Å². The third-order valence-corrected chi connectivity index (χ3v) is 4.26. The van der Waals surface area contributed by atoms with E-state index >= 15 is 0 Å². The van der Waals surface area contributed by atoms with Gasteiger partial charge in [0.1, 0.15) is 0 Å². The van der Waals surface area contributed by atoms with Gasteiger partial charge >= 0.3 is 0 Å². The minimum absolute atomic E-state index is 0.342. The number of nitrogens with zero attached hydrogens (tertiary/aromatic N) is 2. The van der Waals surface area contributed by atoms with Crippen LogP contribution in [0.25, 0.3) is 0 Å². The van der Waals surface area contributed by atoms with Gasteiger partial charge in [-0.05, 0) is 45.3 Å². The molecule has 1 saturated heterocycles. The van der Waals surface area contributed by atoms with E-state index in [0.717, 1.165) is 31.0 Å². The Morgan fingerprint density at radius 3 is 2.50 bits per heavy atom. The van der Waals surface area contributed by atoms with Crippen molar-refractivity contribution in [1.82, 2.24) is 4.90 Å². The second kappa shape index (κ2) is 7.09. The Balaban J connectivity index is 2.03. The Kier molecular flexibility index (Phi) is 5.44. The lowest BCUT2D eigenvalue weighted by atomic mass is 9.94. The summed E-state index contributed by atoms with van der Waals surface area (Å²) in [5.74, 6) is 0.810. The van der Waals surface area contributed by atoms with Gasteiger partial charge in [-0.25, -0.2) is 0 Å². The maximum atomic E-state index is 10.2. The van der Waals surface area contributed by atoms with Crippen molar-refractivity contribution in [2.75, 3.05) is 38.6 Å². The van der Waals surface area contributed by atoms with Gasteiger partial charge in [-0.15, -0.1) is 0 Å². The monoisotopic (exact) mass is 276 g/mol. The van der Waals surface area contributed by atoms with E-state index < -0.39 is 0 Å². The van der Waals surface area contributed by atoms with Crippen LogP contribution in [0.5, 0.6) is 0 Å². The first-order valence-electron chi connectivity index (χ1n) is 7.78. The summed E-state index contributed by atoms with van der Waals surface area (Å²) >= 11 is 0. The predicted molar refractivity (Wildman–Crippen MR) is 85.2 cm³/mol. The molecule has 112 valence electrons. The lowest BCUT2D eigenvalue weighted by Gasteiger charge is -2.36. The number of aliphatic hydroxyl groups is 1. The van der Waals surface area contributed by atoms with E-state index in [9.17, 15) is 5.11 Å². The molecule has 0 spiro atoms. The molecule has 1 aliphatic heterocycles. The molecule has 1 atom stereocenters. The Hall–Kier alpha value is -1.06. The quantitative estimate of drug-likeness (QED) is 0.896. The standard InChI is InChI=1S/C17H28N2O/c1-4-17(20)15-7-5-6-8-16(15)19-11-9-14(10-12-19)13-18(2)3/h5-8,14,17,20H,4,9-13H2,1-3H3. The summed E-state index contributed by atoms with van der Waals surface area (Å²) in [5, 5.41) is 10.2. The minimum Gasteiger partial charge on any atom is -0.388 e. The number of hydrogen-bond donors (Lipinski definition) is 1. The number of benzene rings is 1. The smallest absolute Gasteiger partial charge is 0.0807 e. The summed E-state index contributed by atoms with van der Waals surface area (Å²) in [6.07, 6.45) is 2.92. The molecule has 3 nitrogen and oxygen atoms in total. The van der Waals surface area contributed by atoms with Crippen LogP contribution in [0.3, 0.4) is 0 Å². The van der Waals surface area contributed by atoms with Crippen LogP contribution in [0.1, 0.15) is 37.9 Å². The van der Waals surface area contributed by atoms with Gasteiger partial charge in [-0.1, -0.05) is 25.1 Å². The Morgan fingerprint density at radius 1 is 1.25 bits per heavy atom. The summed E-state index contributed by atoms with van der Waals surface area (Å²) in [5.41, 5.74) is 2.31. The summed E-state index contributed by atoms with van der Waals surface area (Å²) in [7, 11) is 4.30. The Labute approximate surface area is 123 Å². The van der Waals surface area contributed by atoms with Crippen LogP contribution in [0.15, 0.2) is 24.3 Å². The zero-order chi connectivity index (χ0) is 14.5. The first-order valence-corrected chi connectivity index (χ1v) is 7.78. The Morgan fingerprint density at radius 2 is 1.90 bits per heavy atom. The lowest BCUT2D eigenvalue weighted by Crippen LogP contribution is -2.37. The average Bonchev–Trinajstić information content (AvgIpc) is 2.46. The molecule has 1 N–H and O–H groups in total. The van der Waals surface area contributed by atoms with Crippen molar-refractivity contribution in [3.63, 3.8) is 0 Å².